The summed E-state index contributed by atoms with van der Waals surface area (Å²) in [5, 5.41) is 0. The molecule has 0 N–H and O–H groups in total. The van der Waals surface area contributed by atoms with E-state index in [0.29, 0.717) is 18.5 Å². The molecule has 1 aromatic carbocycles. The van der Waals surface area contributed by atoms with Crippen LogP contribution in [0.4, 0.5) is 0 Å². The van der Waals surface area contributed by atoms with Crippen molar-refractivity contribution < 1.29 is 17.9 Å². The number of methoxy groups -OCH3 is 1. The summed E-state index contributed by atoms with van der Waals surface area (Å²) in [5.41, 5.74) is 1.29. The zero-order valence-electron chi connectivity index (χ0n) is 12.1. The first-order valence-electron chi connectivity index (χ1n) is 6.52. The van der Waals surface area contributed by atoms with E-state index in [0.717, 1.165) is 12.0 Å². The molecule has 5 nitrogen and oxygen atoms in total. The number of unbranched alkanes of at least 4 members (excludes halogenated alkanes) is 1. The van der Waals surface area contributed by atoms with Crippen LogP contribution in [0.1, 0.15) is 35.7 Å². The molecule has 0 fully saturated rings. The van der Waals surface area contributed by atoms with Gasteiger partial charge in [-0.25, -0.2) is 17.5 Å². The molecule has 0 aliphatic rings. The zero-order valence-corrected chi connectivity index (χ0v) is 12.9. The Morgan fingerprint density at radius 3 is 2.35 bits per heavy atom. The van der Waals surface area contributed by atoms with Gasteiger partial charge in [0.15, 0.2) is 0 Å². The van der Waals surface area contributed by atoms with Gasteiger partial charge in [0.1, 0.15) is 0 Å². The average Bonchev–Trinajstić information content (AvgIpc) is 2.45. The van der Waals surface area contributed by atoms with Crippen LogP contribution in [-0.4, -0.2) is 38.6 Å². The van der Waals surface area contributed by atoms with Crippen LogP contribution in [0.5, 0.6) is 0 Å². The second kappa shape index (κ2) is 7.40. The number of rotatable bonds is 7. The highest BCUT2D eigenvalue weighted by atomic mass is 32.2. The number of hydrogen-bond acceptors (Lipinski definition) is 4. The van der Waals surface area contributed by atoms with Crippen LogP contribution in [0.3, 0.4) is 0 Å². The topological polar surface area (TPSA) is 63.7 Å². The lowest BCUT2D eigenvalue weighted by atomic mass is 10.1. The summed E-state index contributed by atoms with van der Waals surface area (Å²) < 4.78 is 29.9. The molecule has 6 heteroatoms. The Bertz CT molecular complexity index is 537. The molecule has 1 aromatic rings. The first-order chi connectivity index (χ1) is 9.40. The third kappa shape index (κ3) is 4.61. The number of esters is 1. The van der Waals surface area contributed by atoms with Gasteiger partial charge in [-0.15, -0.1) is 0 Å². The summed E-state index contributed by atoms with van der Waals surface area (Å²) in [4.78, 5) is 11.3. The van der Waals surface area contributed by atoms with E-state index in [9.17, 15) is 13.2 Å². The lowest BCUT2D eigenvalue weighted by Crippen LogP contribution is -2.28. The minimum Gasteiger partial charge on any atom is -0.465 e. The Hall–Kier alpha value is -1.40. The Morgan fingerprint density at radius 1 is 1.25 bits per heavy atom. The number of sulfonamides is 1. The molecule has 0 saturated carbocycles. The molecule has 0 aromatic heterocycles. The van der Waals surface area contributed by atoms with Gasteiger partial charge in [-0.1, -0.05) is 25.5 Å². The molecule has 1 rings (SSSR count). The largest absolute Gasteiger partial charge is 0.465 e. The molecule has 112 valence electrons. The van der Waals surface area contributed by atoms with E-state index < -0.39 is 16.0 Å². The number of ether oxygens (including phenoxy) is 1. The van der Waals surface area contributed by atoms with Crippen molar-refractivity contribution in [2.24, 2.45) is 0 Å². The monoisotopic (exact) mass is 299 g/mol. The summed E-state index contributed by atoms with van der Waals surface area (Å²) in [6.07, 6.45) is 1.51. The van der Waals surface area contributed by atoms with Crippen LogP contribution in [0.15, 0.2) is 24.3 Å². The van der Waals surface area contributed by atoms with E-state index in [1.807, 2.05) is 6.92 Å². The third-order valence-corrected chi connectivity index (χ3v) is 4.89. The smallest absolute Gasteiger partial charge is 0.337 e. The SMILES string of the molecule is CCCCS(=O)(=O)N(C)Cc1ccc(C(=O)OC)cc1. The van der Waals surface area contributed by atoms with Crippen molar-refractivity contribution >= 4 is 16.0 Å². The van der Waals surface area contributed by atoms with Crippen molar-refractivity contribution in [3.8, 4) is 0 Å². The average molecular weight is 299 g/mol. The normalized spacial score (nSPS) is 11.6. The van der Waals surface area contributed by atoms with Gasteiger partial charge in [-0.05, 0) is 24.1 Å². The number of carbonyl (C=O) groups excluding carboxylic acids is 1. The zero-order chi connectivity index (χ0) is 15.2. The van der Waals surface area contributed by atoms with Crippen molar-refractivity contribution in [3.63, 3.8) is 0 Å². The van der Waals surface area contributed by atoms with Gasteiger partial charge >= 0.3 is 5.97 Å². The summed E-state index contributed by atoms with van der Waals surface area (Å²) in [7, 11) is -0.318. The molecular formula is C14H21NO4S. The van der Waals surface area contributed by atoms with Crippen molar-refractivity contribution in [3.05, 3.63) is 35.4 Å². The van der Waals surface area contributed by atoms with E-state index in [2.05, 4.69) is 4.74 Å². The van der Waals surface area contributed by atoms with Crippen LogP contribution >= 0.6 is 0 Å². The fourth-order valence-corrected chi connectivity index (χ4v) is 3.01. The summed E-state index contributed by atoms with van der Waals surface area (Å²) in [6, 6.07) is 6.73. The maximum absolute atomic E-state index is 12.0. The van der Waals surface area contributed by atoms with Crippen molar-refractivity contribution in [1.29, 1.82) is 0 Å². The molecule has 0 bridgehead atoms. The molecule has 0 heterocycles. The van der Waals surface area contributed by atoms with Crippen molar-refractivity contribution in [1.82, 2.24) is 4.31 Å². The maximum Gasteiger partial charge on any atom is 0.337 e. The summed E-state index contributed by atoms with van der Waals surface area (Å²) in [5.74, 6) is -0.235. The number of benzene rings is 1. The molecular weight excluding hydrogens is 278 g/mol. The molecule has 20 heavy (non-hydrogen) atoms. The van der Waals surface area contributed by atoms with Crippen LogP contribution in [0, 0.1) is 0 Å². The molecule has 0 saturated heterocycles. The van der Waals surface area contributed by atoms with E-state index in [1.54, 1.807) is 31.3 Å². The van der Waals surface area contributed by atoms with Crippen LogP contribution in [-0.2, 0) is 21.3 Å². The van der Waals surface area contributed by atoms with Crippen LogP contribution in [0.2, 0.25) is 0 Å². The quantitative estimate of drug-likeness (QED) is 0.723. The Morgan fingerprint density at radius 2 is 1.85 bits per heavy atom. The van der Waals surface area contributed by atoms with Gasteiger partial charge in [-0.2, -0.15) is 0 Å². The first kappa shape index (κ1) is 16.7. The third-order valence-electron chi connectivity index (χ3n) is 3.01. The number of nitrogens with zero attached hydrogens (tertiary/aromatic N) is 1. The van der Waals surface area contributed by atoms with Crippen molar-refractivity contribution in [2.45, 2.75) is 26.3 Å². The predicted octanol–water partition coefficient (Wildman–Crippen LogP) is 2.03. The Labute approximate surface area is 120 Å². The second-order valence-electron chi connectivity index (χ2n) is 4.61. The minimum absolute atomic E-state index is 0.167. The Balaban J connectivity index is 2.71. The molecule has 0 aliphatic heterocycles. The summed E-state index contributed by atoms with van der Waals surface area (Å²) in [6.45, 7) is 2.26. The fraction of sp³-hybridized carbons (Fsp3) is 0.500. The van der Waals surface area contributed by atoms with E-state index in [4.69, 9.17) is 0 Å². The molecule has 0 aliphatic carbocycles. The van der Waals surface area contributed by atoms with Crippen LogP contribution < -0.4 is 0 Å². The highest BCUT2D eigenvalue weighted by Gasteiger charge is 2.17. The van der Waals surface area contributed by atoms with Gasteiger partial charge < -0.3 is 4.74 Å². The van der Waals surface area contributed by atoms with Crippen molar-refractivity contribution in [2.75, 3.05) is 19.9 Å². The molecule has 0 atom stereocenters. The van der Waals surface area contributed by atoms with Crippen LogP contribution in [0.25, 0.3) is 0 Å². The van der Waals surface area contributed by atoms with Gasteiger partial charge in [0.2, 0.25) is 10.0 Å². The lowest BCUT2D eigenvalue weighted by molar-refractivity contribution is 0.0600. The second-order valence-corrected chi connectivity index (χ2v) is 6.81. The van der Waals surface area contributed by atoms with E-state index in [1.165, 1.54) is 11.4 Å². The van der Waals surface area contributed by atoms with E-state index >= 15 is 0 Å². The Kier molecular flexibility index (Phi) is 6.16. The molecule has 0 amide bonds. The minimum atomic E-state index is -3.21. The summed E-state index contributed by atoms with van der Waals surface area (Å²) >= 11 is 0. The maximum atomic E-state index is 12.0. The highest BCUT2D eigenvalue weighted by Crippen LogP contribution is 2.11. The van der Waals surface area contributed by atoms with Gasteiger partial charge in [0.05, 0.1) is 18.4 Å². The molecule has 0 unspecified atom stereocenters. The standard InChI is InChI=1S/C14H21NO4S/c1-4-5-10-20(17,18)15(2)11-12-6-8-13(9-7-12)14(16)19-3/h6-9H,4-5,10-11H2,1-3H3. The first-order valence-corrected chi connectivity index (χ1v) is 8.13. The highest BCUT2D eigenvalue weighted by molar-refractivity contribution is 7.89. The number of carbonyl (C=O) groups is 1. The van der Waals surface area contributed by atoms with Gasteiger partial charge in [0, 0.05) is 13.6 Å². The number of hydrogen-bond donors (Lipinski definition) is 0. The predicted molar refractivity (Wildman–Crippen MR) is 77.9 cm³/mol. The molecule has 0 radical (unpaired) electrons. The van der Waals surface area contributed by atoms with Gasteiger partial charge in [-0.3, -0.25) is 0 Å². The fourth-order valence-electron chi connectivity index (χ4n) is 1.70. The lowest BCUT2D eigenvalue weighted by Gasteiger charge is -2.17. The molecule has 0 spiro atoms. The van der Waals surface area contributed by atoms with E-state index in [-0.39, 0.29) is 5.75 Å². The van der Waals surface area contributed by atoms with Gasteiger partial charge in [0.25, 0.3) is 0 Å².